The molecule has 4 rings (SSSR count). The van der Waals surface area contributed by atoms with Crippen LogP contribution in [0.2, 0.25) is 0 Å². The van der Waals surface area contributed by atoms with Crippen LogP contribution in [-0.2, 0) is 11.8 Å². The molecule has 0 fully saturated rings. The Kier molecular flexibility index (Phi) is 4.63. The smallest absolute Gasteiger partial charge is 0.224 e. The number of rotatable bonds is 5. The number of para-hydroxylation sites is 2. The number of aryl methyl sites for hydroxylation is 1. The highest BCUT2D eigenvalue weighted by atomic mass is 16.1. The molecule has 4 heteroatoms. The normalized spacial score (nSPS) is 12.4. The van der Waals surface area contributed by atoms with Crippen LogP contribution >= 0.6 is 0 Å². The number of aromatic nitrogens is 2. The second-order valence-electron chi connectivity index (χ2n) is 7.08. The van der Waals surface area contributed by atoms with Gasteiger partial charge in [0.2, 0.25) is 5.91 Å². The molecule has 0 saturated carbocycles. The van der Waals surface area contributed by atoms with E-state index in [0.29, 0.717) is 12.3 Å². The number of carbonyl (C=O) groups is 1. The van der Waals surface area contributed by atoms with E-state index in [1.54, 1.807) is 6.20 Å². The highest BCUT2D eigenvalue weighted by Crippen LogP contribution is 2.30. The molecule has 0 aliphatic rings. The first-order valence-electron chi connectivity index (χ1n) is 9.31. The molecule has 136 valence electrons. The molecule has 0 aliphatic heterocycles. The van der Waals surface area contributed by atoms with Gasteiger partial charge in [-0.05, 0) is 36.1 Å². The van der Waals surface area contributed by atoms with Crippen LogP contribution in [-0.4, -0.2) is 15.5 Å². The lowest BCUT2D eigenvalue weighted by molar-refractivity contribution is -0.116. The van der Waals surface area contributed by atoms with Crippen molar-refractivity contribution in [3.63, 3.8) is 0 Å². The van der Waals surface area contributed by atoms with Gasteiger partial charge in [0.1, 0.15) is 0 Å². The quantitative estimate of drug-likeness (QED) is 0.530. The summed E-state index contributed by atoms with van der Waals surface area (Å²) in [5.41, 5.74) is 4.13. The monoisotopic (exact) mass is 357 g/mol. The number of amides is 1. The summed E-state index contributed by atoms with van der Waals surface area (Å²) in [6.45, 7) is 2.19. The Labute approximate surface area is 158 Å². The lowest BCUT2D eigenvalue weighted by atomic mass is 9.95. The molecular weight excluding hydrogens is 334 g/mol. The number of benzene rings is 2. The summed E-state index contributed by atoms with van der Waals surface area (Å²) in [5, 5.41) is 5.32. The average molecular weight is 357 g/mol. The predicted octanol–water partition coefficient (Wildman–Crippen LogP) is 5.25. The first-order chi connectivity index (χ1) is 13.1. The molecule has 0 saturated heterocycles. The van der Waals surface area contributed by atoms with Crippen molar-refractivity contribution in [1.29, 1.82) is 0 Å². The van der Waals surface area contributed by atoms with E-state index in [1.165, 1.54) is 16.5 Å². The number of carbonyl (C=O) groups excluding carboxylic acids is 1. The molecule has 2 heterocycles. The molecule has 1 N–H and O–H groups in total. The SMILES string of the molecule is CC(CCC(=O)Nc1cccc2cccnc12)c1cn(C)c2ccccc12. The van der Waals surface area contributed by atoms with Gasteiger partial charge < -0.3 is 9.88 Å². The lowest BCUT2D eigenvalue weighted by Gasteiger charge is -2.12. The zero-order valence-corrected chi connectivity index (χ0v) is 15.6. The minimum absolute atomic E-state index is 0.0280. The summed E-state index contributed by atoms with van der Waals surface area (Å²) in [6.07, 6.45) is 5.22. The van der Waals surface area contributed by atoms with Crippen LogP contribution < -0.4 is 5.32 Å². The van der Waals surface area contributed by atoms with E-state index >= 15 is 0 Å². The van der Waals surface area contributed by atoms with E-state index in [0.717, 1.165) is 23.0 Å². The molecule has 27 heavy (non-hydrogen) atoms. The van der Waals surface area contributed by atoms with Gasteiger partial charge in [-0.1, -0.05) is 43.3 Å². The third-order valence-corrected chi connectivity index (χ3v) is 5.17. The molecule has 2 aromatic heterocycles. The summed E-state index contributed by atoms with van der Waals surface area (Å²) >= 11 is 0. The van der Waals surface area contributed by atoms with Gasteiger partial charge >= 0.3 is 0 Å². The molecule has 4 aromatic rings. The molecule has 2 aromatic carbocycles. The van der Waals surface area contributed by atoms with Crippen molar-refractivity contribution in [3.05, 3.63) is 72.6 Å². The van der Waals surface area contributed by atoms with Crippen molar-refractivity contribution in [2.45, 2.75) is 25.7 Å². The second kappa shape index (κ2) is 7.23. The van der Waals surface area contributed by atoms with Crippen LogP contribution in [0.4, 0.5) is 5.69 Å². The van der Waals surface area contributed by atoms with Crippen molar-refractivity contribution < 1.29 is 4.79 Å². The van der Waals surface area contributed by atoms with Gasteiger partial charge in [-0.3, -0.25) is 9.78 Å². The largest absolute Gasteiger partial charge is 0.350 e. The zero-order chi connectivity index (χ0) is 18.8. The van der Waals surface area contributed by atoms with Gasteiger partial charge in [0, 0.05) is 42.2 Å². The van der Waals surface area contributed by atoms with E-state index < -0.39 is 0 Å². The highest BCUT2D eigenvalue weighted by molar-refractivity contribution is 6.00. The van der Waals surface area contributed by atoms with Gasteiger partial charge in [0.25, 0.3) is 0 Å². The predicted molar refractivity (Wildman–Crippen MR) is 111 cm³/mol. The number of hydrogen-bond donors (Lipinski definition) is 1. The maximum atomic E-state index is 12.5. The zero-order valence-electron chi connectivity index (χ0n) is 15.6. The van der Waals surface area contributed by atoms with Crippen LogP contribution in [0.1, 0.15) is 31.2 Å². The van der Waals surface area contributed by atoms with E-state index in [1.807, 2.05) is 30.3 Å². The fourth-order valence-corrected chi connectivity index (χ4v) is 3.69. The lowest BCUT2D eigenvalue weighted by Crippen LogP contribution is -2.12. The first-order valence-corrected chi connectivity index (χ1v) is 9.31. The third kappa shape index (κ3) is 3.43. The van der Waals surface area contributed by atoms with Crippen LogP contribution in [0, 0.1) is 0 Å². The molecule has 0 spiro atoms. The van der Waals surface area contributed by atoms with Gasteiger partial charge in [0.15, 0.2) is 0 Å². The summed E-state index contributed by atoms with van der Waals surface area (Å²) in [5.74, 6) is 0.340. The van der Waals surface area contributed by atoms with E-state index in [9.17, 15) is 4.79 Å². The summed E-state index contributed by atoms with van der Waals surface area (Å²) in [6, 6.07) is 18.2. The van der Waals surface area contributed by atoms with Crippen LogP contribution in [0.5, 0.6) is 0 Å². The van der Waals surface area contributed by atoms with Crippen molar-refractivity contribution in [1.82, 2.24) is 9.55 Å². The second-order valence-corrected chi connectivity index (χ2v) is 7.08. The maximum absolute atomic E-state index is 12.5. The molecule has 1 unspecified atom stereocenters. The maximum Gasteiger partial charge on any atom is 0.224 e. The minimum atomic E-state index is 0.0280. The Morgan fingerprint density at radius 1 is 1.11 bits per heavy atom. The molecular formula is C23H23N3O. The third-order valence-electron chi connectivity index (χ3n) is 5.17. The molecule has 1 amide bonds. The highest BCUT2D eigenvalue weighted by Gasteiger charge is 2.15. The fourth-order valence-electron chi connectivity index (χ4n) is 3.69. The Morgan fingerprint density at radius 3 is 2.81 bits per heavy atom. The molecule has 0 aliphatic carbocycles. The number of hydrogen-bond acceptors (Lipinski definition) is 2. The van der Waals surface area contributed by atoms with Gasteiger partial charge in [0.05, 0.1) is 11.2 Å². The van der Waals surface area contributed by atoms with E-state index in [2.05, 4.69) is 59.3 Å². The summed E-state index contributed by atoms with van der Waals surface area (Å²) in [7, 11) is 2.07. The van der Waals surface area contributed by atoms with Gasteiger partial charge in [-0.2, -0.15) is 0 Å². The summed E-state index contributed by atoms with van der Waals surface area (Å²) < 4.78 is 2.16. The van der Waals surface area contributed by atoms with Gasteiger partial charge in [-0.25, -0.2) is 0 Å². The fraction of sp³-hybridized carbons (Fsp3) is 0.217. The molecule has 4 nitrogen and oxygen atoms in total. The van der Waals surface area contributed by atoms with Crippen LogP contribution in [0.3, 0.4) is 0 Å². The molecule has 1 atom stereocenters. The number of nitrogens with one attached hydrogen (secondary N) is 1. The Bertz CT molecular complexity index is 1110. The van der Waals surface area contributed by atoms with Crippen LogP contribution in [0.15, 0.2) is 67.0 Å². The Balaban J connectivity index is 1.45. The Hall–Kier alpha value is -3.14. The number of anilines is 1. The summed E-state index contributed by atoms with van der Waals surface area (Å²) in [4.78, 5) is 16.9. The van der Waals surface area contributed by atoms with Crippen molar-refractivity contribution >= 4 is 33.4 Å². The standard InChI is InChI=1S/C23H23N3O/c1-16(19-15-26(2)21-11-4-3-9-18(19)21)12-13-22(27)25-20-10-5-7-17-8-6-14-24-23(17)20/h3-11,14-16H,12-13H2,1-2H3,(H,25,27). The number of fused-ring (bicyclic) bond motifs is 2. The number of nitrogens with zero attached hydrogens (tertiary/aromatic N) is 2. The first kappa shape index (κ1) is 17.3. The molecule has 0 bridgehead atoms. The van der Waals surface area contributed by atoms with Crippen LogP contribution in [0.25, 0.3) is 21.8 Å². The average Bonchev–Trinajstić information content (AvgIpc) is 3.04. The van der Waals surface area contributed by atoms with Crippen molar-refractivity contribution in [2.75, 3.05) is 5.32 Å². The minimum Gasteiger partial charge on any atom is -0.350 e. The van der Waals surface area contributed by atoms with E-state index in [-0.39, 0.29) is 5.91 Å². The van der Waals surface area contributed by atoms with E-state index in [4.69, 9.17) is 0 Å². The van der Waals surface area contributed by atoms with Crippen molar-refractivity contribution in [3.8, 4) is 0 Å². The molecule has 0 radical (unpaired) electrons. The van der Waals surface area contributed by atoms with Gasteiger partial charge in [-0.15, -0.1) is 0 Å². The Morgan fingerprint density at radius 2 is 1.93 bits per heavy atom. The topological polar surface area (TPSA) is 46.9 Å². The number of pyridine rings is 1. The van der Waals surface area contributed by atoms with Crippen molar-refractivity contribution in [2.24, 2.45) is 7.05 Å².